The van der Waals surface area contributed by atoms with E-state index < -0.39 is 40.8 Å². The molecule has 14 heteroatoms. The zero-order valence-electron chi connectivity index (χ0n) is 23.5. The van der Waals surface area contributed by atoms with Gasteiger partial charge in [0.05, 0.1) is 34.9 Å². The molecule has 4 aromatic rings. The average molecular weight is 681 g/mol. The molecule has 7 nitrogen and oxygen atoms in total. The lowest BCUT2D eigenvalue weighted by atomic mass is 9.95. The summed E-state index contributed by atoms with van der Waals surface area (Å²) in [5.41, 5.74) is -2.17. The van der Waals surface area contributed by atoms with Gasteiger partial charge in [0, 0.05) is 10.6 Å². The standard InChI is InChI=1S/C31H22Cl2F4N2O5S/c1-3-43-29(41)24-25(17-8-10-19(32)11-9-17)39-28(40)23(45-30(39)38-27(24)31(35,36)37)14-16-12-20(33)26(22(13-16)42-2)44-15-18-6-4-5-7-21(18)34/h4-14,25H,3,15H2,1-2H3/b23-14-/t25-/m1/s1. The van der Waals surface area contributed by atoms with Crippen molar-refractivity contribution in [2.45, 2.75) is 25.7 Å². The second-order valence-corrected chi connectivity index (χ2v) is 11.4. The van der Waals surface area contributed by atoms with E-state index in [1.54, 1.807) is 18.2 Å². The molecule has 0 saturated carbocycles. The molecule has 234 valence electrons. The molecule has 1 aliphatic rings. The highest BCUT2D eigenvalue weighted by molar-refractivity contribution is 7.07. The normalized spacial score (nSPS) is 15.0. The largest absolute Gasteiger partial charge is 0.493 e. The Morgan fingerprint density at radius 2 is 1.82 bits per heavy atom. The summed E-state index contributed by atoms with van der Waals surface area (Å²) >= 11 is 13.2. The SMILES string of the molecule is CCOC(=O)C1=C(C(F)(F)F)N=c2s/c(=C\c3cc(Cl)c(OCc4ccccc4F)c(OC)c3)c(=O)n2[C@@H]1c1ccc(Cl)cc1. The lowest BCUT2D eigenvalue weighted by Crippen LogP contribution is -2.41. The monoisotopic (exact) mass is 680 g/mol. The number of esters is 1. The first-order valence-electron chi connectivity index (χ1n) is 13.2. The summed E-state index contributed by atoms with van der Waals surface area (Å²) in [5, 5.41) is 0.378. The van der Waals surface area contributed by atoms with Gasteiger partial charge in [0.15, 0.2) is 22.0 Å². The van der Waals surface area contributed by atoms with Crippen LogP contribution in [0.25, 0.3) is 6.08 Å². The van der Waals surface area contributed by atoms with Crippen molar-refractivity contribution in [3.63, 3.8) is 0 Å². The van der Waals surface area contributed by atoms with Crippen molar-refractivity contribution < 1.29 is 36.6 Å². The number of carbonyl (C=O) groups is 1. The fraction of sp³-hybridized carbons (Fsp3) is 0.194. The number of benzene rings is 3. The molecule has 1 atom stereocenters. The van der Waals surface area contributed by atoms with Crippen LogP contribution in [0.5, 0.6) is 11.5 Å². The molecule has 3 aromatic carbocycles. The van der Waals surface area contributed by atoms with Gasteiger partial charge in [-0.25, -0.2) is 14.2 Å². The third-order valence-electron chi connectivity index (χ3n) is 6.66. The number of hydrogen-bond acceptors (Lipinski definition) is 7. The Bertz CT molecular complexity index is 1990. The number of halogens is 6. The molecular weight excluding hydrogens is 659 g/mol. The molecule has 0 radical (unpaired) electrons. The first-order chi connectivity index (χ1) is 21.4. The Balaban J connectivity index is 1.64. The van der Waals surface area contributed by atoms with Crippen molar-refractivity contribution in [1.29, 1.82) is 0 Å². The summed E-state index contributed by atoms with van der Waals surface area (Å²) < 4.78 is 74.2. The second-order valence-electron chi connectivity index (χ2n) is 9.53. The zero-order chi connectivity index (χ0) is 32.5. The van der Waals surface area contributed by atoms with E-state index in [-0.39, 0.29) is 50.2 Å². The van der Waals surface area contributed by atoms with Crippen LogP contribution in [-0.2, 0) is 16.1 Å². The molecule has 2 heterocycles. The molecule has 0 spiro atoms. The van der Waals surface area contributed by atoms with Gasteiger partial charge in [-0.2, -0.15) is 13.2 Å². The maximum atomic E-state index is 14.3. The van der Waals surface area contributed by atoms with Crippen LogP contribution >= 0.6 is 34.5 Å². The van der Waals surface area contributed by atoms with Gasteiger partial charge >= 0.3 is 12.1 Å². The minimum absolute atomic E-state index is 0.00232. The minimum Gasteiger partial charge on any atom is -0.493 e. The Morgan fingerprint density at radius 1 is 1.11 bits per heavy atom. The number of methoxy groups -OCH3 is 1. The Labute approximate surface area is 267 Å². The average Bonchev–Trinajstić information content (AvgIpc) is 3.30. The Hall–Kier alpha value is -4.13. The van der Waals surface area contributed by atoms with Gasteiger partial charge in [0.25, 0.3) is 5.56 Å². The number of hydrogen-bond donors (Lipinski definition) is 0. The third-order valence-corrected chi connectivity index (χ3v) is 8.18. The molecule has 1 aromatic heterocycles. The van der Waals surface area contributed by atoms with Crippen LogP contribution in [0.1, 0.15) is 29.7 Å². The van der Waals surface area contributed by atoms with Crippen molar-refractivity contribution in [3.05, 3.63) is 124 Å². The van der Waals surface area contributed by atoms with Crippen LogP contribution in [0, 0.1) is 5.82 Å². The summed E-state index contributed by atoms with van der Waals surface area (Å²) in [4.78, 5) is 30.3. The quantitative estimate of drug-likeness (QED) is 0.160. The van der Waals surface area contributed by atoms with E-state index in [0.717, 1.165) is 4.57 Å². The number of fused-ring (bicyclic) bond motifs is 1. The van der Waals surface area contributed by atoms with E-state index in [9.17, 15) is 27.2 Å². The highest BCUT2D eigenvalue weighted by atomic mass is 35.5. The van der Waals surface area contributed by atoms with Gasteiger partial charge in [-0.1, -0.05) is 64.9 Å². The fourth-order valence-corrected chi connectivity index (χ4v) is 6.08. The minimum atomic E-state index is -5.04. The number of alkyl halides is 3. The summed E-state index contributed by atoms with van der Waals surface area (Å²) in [5.74, 6) is -1.43. The van der Waals surface area contributed by atoms with Crippen molar-refractivity contribution in [3.8, 4) is 11.5 Å². The topological polar surface area (TPSA) is 79.1 Å². The summed E-state index contributed by atoms with van der Waals surface area (Å²) in [6, 6.07) is 13.2. The second kappa shape index (κ2) is 13.1. The van der Waals surface area contributed by atoms with E-state index in [4.69, 9.17) is 37.4 Å². The molecule has 0 saturated heterocycles. The van der Waals surface area contributed by atoms with E-state index in [2.05, 4.69) is 4.99 Å². The van der Waals surface area contributed by atoms with Crippen LogP contribution in [-0.4, -0.2) is 30.4 Å². The predicted octanol–water partition coefficient (Wildman–Crippen LogP) is 6.37. The van der Waals surface area contributed by atoms with Gasteiger partial charge in [-0.3, -0.25) is 9.36 Å². The molecule has 0 bridgehead atoms. The van der Waals surface area contributed by atoms with Crippen molar-refractivity contribution >= 4 is 46.6 Å². The number of ether oxygens (including phenoxy) is 3. The summed E-state index contributed by atoms with van der Waals surface area (Å²) in [7, 11) is 1.36. The third kappa shape index (κ3) is 6.63. The van der Waals surface area contributed by atoms with E-state index in [0.29, 0.717) is 21.9 Å². The highest BCUT2D eigenvalue weighted by Gasteiger charge is 2.45. The lowest BCUT2D eigenvalue weighted by molar-refractivity contribution is -0.140. The molecule has 0 amide bonds. The molecule has 0 unspecified atom stereocenters. The molecule has 0 aliphatic carbocycles. The lowest BCUT2D eigenvalue weighted by Gasteiger charge is -2.26. The number of allylic oxidation sites excluding steroid dienone is 1. The smallest absolute Gasteiger partial charge is 0.434 e. The number of thiazole rings is 1. The van der Waals surface area contributed by atoms with Gasteiger partial charge < -0.3 is 14.2 Å². The van der Waals surface area contributed by atoms with Crippen LogP contribution in [0.3, 0.4) is 0 Å². The van der Waals surface area contributed by atoms with Crippen LogP contribution in [0.2, 0.25) is 10.0 Å². The van der Waals surface area contributed by atoms with Gasteiger partial charge in [0.1, 0.15) is 12.4 Å². The first kappa shape index (κ1) is 32.3. The van der Waals surface area contributed by atoms with Gasteiger partial charge in [-0.05, 0) is 54.5 Å². The fourth-order valence-electron chi connectivity index (χ4n) is 4.68. The molecule has 5 rings (SSSR count). The number of nitrogens with zero attached hydrogens (tertiary/aromatic N) is 2. The first-order valence-corrected chi connectivity index (χ1v) is 14.8. The maximum absolute atomic E-state index is 14.3. The molecule has 0 N–H and O–H groups in total. The van der Waals surface area contributed by atoms with Crippen LogP contribution in [0.15, 0.2) is 81.7 Å². The predicted molar refractivity (Wildman–Crippen MR) is 161 cm³/mol. The number of aromatic nitrogens is 1. The van der Waals surface area contributed by atoms with Crippen molar-refractivity contribution in [1.82, 2.24) is 4.57 Å². The molecular formula is C31H22Cl2F4N2O5S. The van der Waals surface area contributed by atoms with E-state index in [1.807, 2.05) is 0 Å². The maximum Gasteiger partial charge on any atom is 0.434 e. The molecule has 1 aliphatic heterocycles. The van der Waals surface area contributed by atoms with Crippen LogP contribution < -0.4 is 24.4 Å². The highest BCUT2D eigenvalue weighted by Crippen LogP contribution is 2.39. The zero-order valence-corrected chi connectivity index (χ0v) is 25.8. The Morgan fingerprint density at radius 3 is 2.47 bits per heavy atom. The summed E-state index contributed by atoms with van der Waals surface area (Å²) in [6.45, 7) is 1.11. The van der Waals surface area contributed by atoms with Gasteiger partial charge in [0.2, 0.25) is 0 Å². The van der Waals surface area contributed by atoms with Crippen molar-refractivity contribution in [2.24, 2.45) is 4.99 Å². The Kier molecular flexibility index (Phi) is 9.38. The molecule has 0 fully saturated rings. The van der Waals surface area contributed by atoms with Gasteiger partial charge in [-0.15, -0.1) is 0 Å². The van der Waals surface area contributed by atoms with E-state index in [1.165, 1.54) is 62.6 Å². The summed E-state index contributed by atoms with van der Waals surface area (Å²) in [6.07, 6.45) is -3.64. The number of carbonyl (C=O) groups excluding carboxylic acids is 1. The number of rotatable bonds is 8. The van der Waals surface area contributed by atoms with E-state index >= 15 is 0 Å². The van der Waals surface area contributed by atoms with Crippen LogP contribution in [0.4, 0.5) is 17.6 Å². The van der Waals surface area contributed by atoms with Crippen molar-refractivity contribution in [2.75, 3.05) is 13.7 Å². The molecule has 45 heavy (non-hydrogen) atoms.